The summed E-state index contributed by atoms with van der Waals surface area (Å²) in [6.07, 6.45) is 0.224. The molecule has 1 saturated carbocycles. The van der Waals surface area contributed by atoms with Gasteiger partial charge in [0.05, 0.1) is 14.2 Å². The van der Waals surface area contributed by atoms with Gasteiger partial charge in [0.15, 0.2) is 0 Å². The van der Waals surface area contributed by atoms with E-state index < -0.39 is 12.2 Å². The molecule has 4 rings (SSSR count). The summed E-state index contributed by atoms with van der Waals surface area (Å²) >= 11 is 0. The van der Waals surface area contributed by atoms with Gasteiger partial charge in [0, 0.05) is 24.5 Å². The monoisotopic (exact) mass is 506 g/mol. The van der Waals surface area contributed by atoms with E-state index in [1.807, 2.05) is 54.6 Å². The normalized spacial score (nSPS) is 18.6. The summed E-state index contributed by atoms with van der Waals surface area (Å²) in [4.78, 5) is 27.4. The second-order valence-corrected chi connectivity index (χ2v) is 8.98. The molecule has 0 heterocycles. The second kappa shape index (κ2) is 12.3. The Bertz CT molecular complexity index is 1170. The van der Waals surface area contributed by atoms with E-state index in [1.54, 1.807) is 24.1 Å². The van der Waals surface area contributed by atoms with Gasteiger partial charge in [-0.3, -0.25) is 0 Å². The highest BCUT2D eigenvalue weighted by molar-refractivity contribution is 5.69. The Morgan fingerprint density at radius 2 is 1.62 bits per heavy atom. The van der Waals surface area contributed by atoms with E-state index >= 15 is 0 Å². The molecular formula is C29H31FN2O5. The number of hydrogen-bond acceptors (Lipinski definition) is 5. The molecule has 1 fully saturated rings. The molecule has 194 valence electrons. The highest BCUT2D eigenvalue weighted by Gasteiger charge is 2.43. The van der Waals surface area contributed by atoms with Gasteiger partial charge in [-0.05, 0) is 53.8 Å². The molecule has 0 radical (unpaired) electrons. The molecule has 0 bridgehead atoms. The number of ether oxygens (including phenoxy) is 3. The number of nitrogens with zero attached hydrogens (tertiary/aromatic N) is 1. The van der Waals surface area contributed by atoms with Crippen molar-refractivity contribution in [3.05, 3.63) is 101 Å². The number of amides is 2. The summed E-state index contributed by atoms with van der Waals surface area (Å²) in [5.41, 5.74) is 2.60. The number of hydrogen-bond donors (Lipinski definition) is 1. The maximum atomic E-state index is 13.7. The van der Waals surface area contributed by atoms with Gasteiger partial charge in [0.1, 0.15) is 18.2 Å². The lowest BCUT2D eigenvalue weighted by Crippen LogP contribution is -2.45. The van der Waals surface area contributed by atoms with Crippen LogP contribution in [0, 0.1) is 5.82 Å². The van der Waals surface area contributed by atoms with Crippen molar-refractivity contribution in [3.63, 3.8) is 0 Å². The Hall–Kier alpha value is -4.07. The maximum absolute atomic E-state index is 13.7. The highest BCUT2D eigenvalue weighted by atomic mass is 19.1. The zero-order valence-corrected chi connectivity index (χ0v) is 20.9. The fourth-order valence-electron chi connectivity index (χ4n) is 4.89. The van der Waals surface area contributed by atoms with Crippen molar-refractivity contribution in [2.75, 3.05) is 14.2 Å². The van der Waals surface area contributed by atoms with Crippen LogP contribution in [-0.4, -0.2) is 43.4 Å². The van der Waals surface area contributed by atoms with Crippen molar-refractivity contribution in [3.8, 4) is 5.75 Å². The first-order valence-corrected chi connectivity index (χ1v) is 12.2. The van der Waals surface area contributed by atoms with E-state index in [-0.39, 0.29) is 30.4 Å². The van der Waals surface area contributed by atoms with Crippen molar-refractivity contribution in [2.24, 2.45) is 0 Å². The summed E-state index contributed by atoms with van der Waals surface area (Å²) in [5.74, 6) is 0.0738. The Morgan fingerprint density at radius 1 is 0.919 bits per heavy atom. The second-order valence-electron chi connectivity index (χ2n) is 8.98. The van der Waals surface area contributed by atoms with Crippen LogP contribution < -0.4 is 10.1 Å². The fourth-order valence-corrected chi connectivity index (χ4v) is 4.89. The minimum Gasteiger partial charge on any atom is -0.497 e. The maximum Gasteiger partial charge on any atom is 0.410 e. The molecule has 1 aliphatic rings. The molecule has 1 aliphatic carbocycles. The smallest absolute Gasteiger partial charge is 0.410 e. The molecule has 8 heteroatoms. The molecule has 0 saturated heterocycles. The minimum absolute atomic E-state index is 0.135. The molecule has 0 aromatic heterocycles. The van der Waals surface area contributed by atoms with E-state index in [0.717, 1.165) is 16.7 Å². The van der Waals surface area contributed by atoms with E-state index in [9.17, 15) is 14.0 Å². The minimum atomic E-state index is -0.550. The Morgan fingerprint density at radius 3 is 2.27 bits per heavy atom. The molecule has 0 aliphatic heterocycles. The Labute approximate surface area is 216 Å². The number of methoxy groups -OCH3 is 2. The molecule has 37 heavy (non-hydrogen) atoms. The predicted octanol–water partition coefficient (Wildman–Crippen LogP) is 5.64. The van der Waals surface area contributed by atoms with Gasteiger partial charge in [-0.15, -0.1) is 0 Å². The molecule has 3 atom stereocenters. The van der Waals surface area contributed by atoms with E-state index in [4.69, 9.17) is 14.2 Å². The molecule has 3 aromatic rings. The third-order valence-corrected chi connectivity index (χ3v) is 6.72. The van der Waals surface area contributed by atoms with Gasteiger partial charge in [-0.2, -0.15) is 0 Å². The quantitative estimate of drug-likeness (QED) is 0.428. The number of carbonyl (C=O) groups is 2. The van der Waals surface area contributed by atoms with Crippen molar-refractivity contribution < 1.29 is 28.2 Å². The first-order chi connectivity index (χ1) is 18.0. The van der Waals surface area contributed by atoms with Crippen LogP contribution in [0.3, 0.4) is 0 Å². The van der Waals surface area contributed by atoms with Crippen molar-refractivity contribution in [1.82, 2.24) is 10.2 Å². The number of alkyl carbamates (subject to hydrolysis) is 1. The largest absolute Gasteiger partial charge is 0.497 e. The van der Waals surface area contributed by atoms with Gasteiger partial charge in [-0.25, -0.2) is 14.0 Å². The van der Waals surface area contributed by atoms with Crippen LogP contribution in [0.1, 0.15) is 35.4 Å². The van der Waals surface area contributed by atoms with E-state index in [1.165, 1.54) is 19.2 Å². The molecule has 3 unspecified atom stereocenters. The van der Waals surface area contributed by atoms with Crippen LogP contribution >= 0.6 is 0 Å². The van der Waals surface area contributed by atoms with E-state index in [2.05, 4.69) is 5.32 Å². The summed E-state index contributed by atoms with van der Waals surface area (Å²) in [5, 5.41) is 2.90. The topological polar surface area (TPSA) is 77.1 Å². The summed E-state index contributed by atoms with van der Waals surface area (Å²) in [6.45, 7) is 0.432. The molecular weight excluding hydrogens is 475 g/mol. The molecule has 0 spiro atoms. The standard InChI is InChI=1S/C29H31FN2O5/c1-35-24-14-8-20(9-15-24)18-32(29(34)37-19-21-6-4-3-5-7-21)26-17-16-25(31-28(33)36-2)27(26)22-10-12-23(30)13-11-22/h3-15,25-27H,16-19H2,1-2H3,(H,31,33). The van der Waals surface area contributed by atoms with Crippen molar-refractivity contribution >= 4 is 12.2 Å². The lowest BCUT2D eigenvalue weighted by atomic mass is 9.90. The van der Waals surface area contributed by atoms with Crippen LogP contribution in [-0.2, 0) is 22.6 Å². The molecule has 3 aromatic carbocycles. The number of rotatable bonds is 8. The first-order valence-electron chi connectivity index (χ1n) is 12.2. The third kappa shape index (κ3) is 6.58. The van der Waals surface area contributed by atoms with Gasteiger partial charge >= 0.3 is 12.2 Å². The van der Waals surface area contributed by atoms with Crippen molar-refractivity contribution in [1.29, 1.82) is 0 Å². The number of carbonyl (C=O) groups excluding carboxylic acids is 2. The van der Waals surface area contributed by atoms with E-state index in [0.29, 0.717) is 25.1 Å². The number of nitrogens with one attached hydrogen (secondary N) is 1. The van der Waals surface area contributed by atoms with Gasteiger partial charge in [0.25, 0.3) is 0 Å². The number of benzene rings is 3. The zero-order chi connectivity index (χ0) is 26.2. The molecule has 2 amide bonds. The summed E-state index contributed by atoms with van der Waals surface area (Å²) < 4.78 is 29.6. The number of halogens is 1. The molecule has 1 N–H and O–H groups in total. The molecule has 7 nitrogen and oxygen atoms in total. The van der Waals surface area contributed by atoms with Gasteiger partial charge in [0.2, 0.25) is 0 Å². The summed E-state index contributed by atoms with van der Waals surface area (Å²) in [7, 11) is 2.91. The lowest BCUT2D eigenvalue weighted by Gasteiger charge is -2.34. The van der Waals surface area contributed by atoms with Crippen LogP contribution in [0.25, 0.3) is 0 Å². The zero-order valence-electron chi connectivity index (χ0n) is 20.9. The lowest BCUT2D eigenvalue weighted by molar-refractivity contribution is 0.0737. The Balaban J connectivity index is 1.64. The SMILES string of the molecule is COC(=O)NC1CCC(N(Cc2ccc(OC)cc2)C(=O)OCc2ccccc2)C1c1ccc(F)cc1. The highest BCUT2D eigenvalue weighted by Crippen LogP contribution is 2.39. The van der Waals surface area contributed by atoms with Crippen LogP contribution in [0.4, 0.5) is 14.0 Å². The predicted molar refractivity (Wildman–Crippen MR) is 137 cm³/mol. The van der Waals surface area contributed by atoms with Gasteiger partial charge in [-0.1, -0.05) is 54.6 Å². The van der Waals surface area contributed by atoms with Crippen LogP contribution in [0.5, 0.6) is 5.75 Å². The van der Waals surface area contributed by atoms with Crippen LogP contribution in [0.2, 0.25) is 0 Å². The average Bonchev–Trinajstić information content (AvgIpc) is 3.34. The summed E-state index contributed by atoms with van der Waals surface area (Å²) in [6, 6.07) is 22.5. The average molecular weight is 507 g/mol. The Kier molecular flexibility index (Phi) is 8.61. The first kappa shape index (κ1) is 26.0. The van der Waals surface area contributed by atoms with Gasteiger partial charge < -0.3 is 24.4 Å². The van der Waals surface area contributed by atoms with Crippen LogP contribution in [0.15, 0.2) is 78.9 Å². The third-order valence-electron chi connectivity index (χ3n) is 6.72. The fraction of sp³-hybridized carbons (Fsp3) is 0.310. The van der Waals surface area contributed by atoms with Crippen molar-refractivity contribution in [2.45, 2.75) is 44.0 Å².